The topological polar surface area (TPSA) is 84.9 Å². The lowest BCUT2D eigenvalue weighted by Crippen LogP contribution is -2.37. The van der Waals surface area contributed by atoms with E-state index in [0.29, 0.717) is 17.2 Å². The number of carboxylic acid groups (broad SMARTS) is 1. The van der Waals surface area contributed by atoms with Gasteiger partial charge in [-0.05, 0) is 43.2 Å². The first-order valence-corrected chi connectivity index (χ1v) is 7.57. The van der Waals surface area contributed by atoms with E-state index in [2.05, 4.69) is 5.32 Å². The molecule has 4 atom stereocenters. The zero-order valence-corrected chi connectivity index (χ0v) is 12.0. The Morgan fingerprint density at radius 1 is 1.09 bits per heavy atom. The maximum absolute atomic E-state index is 12.6. The van der Waals surface area contributed by atoms with Gasteiger partial charge in [-0.15, -0.1) is 0 Å². The zero-order valence-electron chi connectivity index (χ0n) is 12.0. The van der Waals surface area contributed by atoms with Crippen LogP contribution in [0.25, 0.3) is 0 Å². The molecule has 0 radical (unpaired) electrons. The molecule has 22 heavy (non-hydrogen) atoms. The van der Waals surface area contributed by atoms with Gasteiger partial charge in [0.05, 0.1) is 11.8 Å². The van der Waals surface area contributed by atoms with Gasteiger partial charge in [0, 0.05) is 11.8 Å². The molecule has 0 unspecified atom stereocenters. The molecule has 1 aromatic carbocycles. The molecule has 0 spiro atoms. The lowest BCUT2D eigenvalue weighted by atomic mass is 9.78. The fourth-order valence-electron chi connectivity index (χ4n) is 4.22. The average molecular weight is 303 g/mol. The van der Waals surface area contributed by atoms with Crippen molar-refractivity contribution in [2.24, 2.45) is 23.7 Å². The Hall–Kier alpha value is -2.24. The quantitative estimate of drug-likeness (QED) is 0.893. The van der Waals surface area contributed by atoms with E-state index >= 15 is 0 Å². The van der Waals surface area contributed by atoms with Gasteiger partial charge in [-0.25, -0.2) is 0 Å². The van der Waals surface area contributed by atoms with E-state index in [1.165, 1.54) is 0 Å². The summed E-state index contributed by atoms with van der Waals surface area (Å²) in [7, 11) is 0. The summed E-state index contributed by atoms with van der Waals surface area (Å²) in [6.45, 7) is 0.181. The number of ether oxygens (including phenoxy) is 2. The summed E-state index contributed by atoms with van der Waals surface area (Å²) in [5, 5.41) is 12.3. The Kier molecular flexibility index (Phi) is 2.99. The summed E-state index contributed by atoms with van der Waals surface area (Å²) in [6, 6.07) is 5.20. The SMILES string of the molecule is O=C(O)[C@H]1[C@H]2CC[C@H](C2)[C@@H]1C(=O)Nc1ccc2c(c1)OCO2. The van der Waals surface area contributed by atoms with Crippen LogP contribution in [0.3, 0.4) is 0 Å². The molecule has 116 valence electrons. The number of aliphatic carboxylic acids is 1. The third-order valence-corrected chi connectivity index (χ3v) is 5.14. The van der Waals surface area contributed by atoms with Crippen molar-refractivity contribution in [3.05, 3.63) is 18.2 Å². The predicted molar refractivity (Wildman–Crippen MR) is 76.6 cm³/mol. The van der Waals surface area contributed by atoms with Gasteiger partial charge in [0.1, 0.15) is 0 Å². The maximum Gasteiger partial charge on any atom is 0.307 e. The number of carbonyl (C=O) groups excluding carboxylic acids is 1. The molecule has 1 aromatic rings. The molecular weight excluding hydrogens is 286 g/mol. The smallest absolute Gasteiger partial charge is 0.307 e. The molecule has 2 fully saturated rings. The van der Waals surface area contributed by atoms with E-state index in [9.17, 15) is 14.7 Å². The van der Waals surface area contributed by atoms with Crippen molar-refractivity contribution in [2.45, 2.75) is 19.3 Å². The molecule has 3 aliphatic rings. The number of carboxylic acids is 1. The molecule has 2 N–H and O–H groups in total. The van der Waals surface area contributed by atoms with Crippen LogP contribution in [0.2, 0.25) is 0 Å². The van der Waals surface area contributed by atoms with Crippen molar-refractivity contribution >= 4 is 17.6 Å². The summed E-state index contributed by atoms with van der Waals surface area (Å²) in [4.78, 5) is 24.1. The molecule has 2 aliphatic carbocycles. The Bertz CT molecular complexity index is 643. The first-order valence-electron chi connectivity index (χ1n) is 7.57. The molecule has 0 aromatic heterocycles. The first-order chi connectivity index (χ1) is 10.6. The molecule has 1 amide bonds. The van der Waals surface area contributed by atoms with Crippen molar-refractivity contribution in [3.63, 3.8) is 0 Å². The minimum atomic E-state index is -0.849. The Balaban J connectivity index is 1.53. The van der Waals surface area contributed by atoms with Gasteiger partial charge < -0.3 is 19.9 Å². The third-order valence-electron chi connectivity index (χ3n) is 5.14. The van der Waals surface area contributed by atoms with Gasteiger partial charge in [-0.3, -0.25) is 9.59 Å². The van der Waals surface area contributed by atoms with Crippen molar-refractivity contribution in [1.29, 1.82) is 0 Å². The highest BCUT2D eigenvalue weighted by atomic mass is 16.7. The number of hydrogen-bond donors (Lipinski definition) is 2. The molecule has 1 heterocycles. The zero-order chi connectivity index (χ0) is 15.3. The molecular formula is C16H17NO5. The minimum Gasteiger partial charge on any atom is -0.481 e. The molecule has 2 saturated carbocycles. The van der Waals surface area contributed by atoms with Crippen LogP contribution in [0.4, 0.5) is 5.69 Å². The van der Waals surface area contributed by atoms with Crippen LogP contribution in [0.15, 0.2) is 18.2 Å². The highest BCUT2D eigenvalue weighted by molar-refractivity contribution is 5.96. The second kappa shape index (κ2) is 4.90. The highest BCUT2D eigenvalue weighted by Gasteiger charge is 2.53. The van der Waals surface area contributed by atoms with Crippen LogP contribution in [-0.4, -0.2) is 23.8 Å². The number of nitrogens with one attached hydrogen (secondary N) is 1. The van der Waals surface area contributed by atoms with E-state index in [4.69, 9.17) is 9.47 Å². The summed E-state index contributed by atoms with van der Waals surface area (Å²) < 4.78 is 10.5. The number of rotatable bonds is 3. The van der Waals surface area contributed by atoms with Gasteiger partial charge in [0.2, 0.25) is 12.7 Å². The molecule has 6 nitrogen and oxygen atoms in total. The van der Waals surface area contributed by atoms with Crippen molar-refractivity contribution in [3.8, 4) is 11.5 Å². The third kappa shape index (κ3) is 2.01. The number of benzene rings is 1. The van der Waals surface area contributed by atoms with Crippen LogP contribution >= 0.6 is 0 Å². The van der Waals surface area contributed by atoms with Crippen LogP contribution in [0.5, 0.6) is 11.5 Å². The predicted octanol–water partition coefficient (Wildman–Crippen LogP) is 2.10. The van der Waals surface area contributed by atoms with Gasteiger partial charge in [0.25, 0.3) is 0 Å². The average Bonchev–Trinajstić information content (AvgIpc) is 3.20. The van der Waals surface area contributed by atoms with Crippen LogP contribution in [0, 0.1) is 23.7 Å². The van der Waals surface area contributed by atoms with E-state index < -0.39 is 17.8 Å². The number of hydrogen-bond acceptors (Lipinski definition) is 4. The standard InChI is InChI=1S/C16H17NO5/c18-15(13-8-1-2-9(5-8)14(13)16(19)20)17-10-3-4-11-12(6-10)22-7-21-11/h3-4,6,8-9,13-14H,1-2,5,7H2,(H,17,18)(H,19,20)/t8-,9+,13+,14+/m1/s1. The second-order valence-electron chi connectivity index (χ2n) is 6.28. The van der Waals surface area contributed by atoms with Crippen LogP contribution < -0.4 is 14.8 Å². The Morgan fingerprint density at radius 3 is 2.59 bits per heavy atom. The number of amides is 1. The van der Waals surface area contributed by atoms with Crippen molar-refractivity contribution in [1.82, 2.24) is 0 Å². The lowest BCUT2D eigenvalue weighted by molar-refractivity contribution is -0.148. The molecule has 0 saturated heterocycles. The molecule has 2 bridgehead atoms. The summed E-state index contributed by atoms with van der Waals surface area (Å²) in [5.74, 6) is -0.428. The normalized spacial score (nSPS) is 31.3. The Labute approximate surface area is 127 Å². The fourth-order valence-corrected chi connectivity index (χ4v) is 4.22. The molecule has 1 aliphatic heterocycles. The van der Waals surface area contributed by atoms with Gasteiger partial charge >= 0.3 is 5.97 Å². The molecule has 6 heteroatoms. The van der Waals surface area contributed by atoms with Gasteiger partial charge in [0.15, 0.2) is 11.5 Å². The van der Waals surface area contributed by atoms with Crippen molar-refractivity contribution in [2.75, 3.05) is 12.1 Å². The summed E-state index contributed by atoms with van der Waals surface area (Å²) in [6.07, 6.45) is 2.74. The van der Waals surface area contributed by atoms with Gasteiger partial charge in [-0.1, -0.05) is 0 Å². The fraction of sp³-hybridized carbons (Fsp3) is 0.500. The van der Waals surface area contributed by atoms with Gasteiger partial charge in [-0.2, -0.15) is 0 Å². The van der Waals surface area contributed by atoms with Crippen molar-refractivity contribution < 1.29 is 24.2 Å². The number of carbonyl (C=O) groups is 2. The van der Waals surface area contributed by atoms with Crippen LogP contribution in [-0.2, 0) is 9.59 Å². The molecule has 4 rings (SSSR count). The first kappa shape index (κ1) is 13.4. The van der Waals surface area contributed by atoms with E-state index in [1.807, 2.05) is 0 Å². The monoisotopic (exact) mass is 303 g/mol. The maximum atomic E-state index is 12.6. The largest absolute Gasteiger partial charge is 0.481 e. The van der Waals surface area contributed by atoms with E-state index in [1.54, 1.807) is 18.2 Å². The summed E-state index contributed by atoms with van der Waals surface area (Å²) in [5.41, 5.74) is 0.612. The Morgan fingerprint density at radius 2 is 1.82 bits per heavy atom. The minimum absolute atomic E-state index is 0.148. The number of fused-ring (bicyclic) bond motifs is 3. The highest BCUT2D eigenvalue weighted by Crippen LogP contribution is 2.52. The van der Waals surface area contributed by atoms with E-state index in [-0.39, 0.29) is 24.5 Å². The lowest BCUT2D eigenvalue weighted by Gasteiger charge is -2.27. The number of anilines is 1. The van der Waals surface area contributed by atoms with Crippen LogP contribution in [0.1, 0.15) is 19.3 Å². The van der Waals surface area contributed by atoms with E-state index in [0.717, 1.165) is 19.3 Å². The second-order valence-corrected chi connectivity index (χ2v) is 6.28. The summed E-state index contributed by atoms with van der Waals surface area (Å²) >= 11 is 0.